The van der Waals surface area contributed by atoms with Gasteiger partial charge in [-0.3, -0.25) is 19.1 Å². The predicted octanol–water partition coefficient (Wildman–Crippen LogP) is 2.62. The van der Waals surface area contributed by atoms with Gasteiger partial charge in [-0.1, -0.05) is 0 Å². The number of carbonyl (C=O) groups is 1. The van der Waals surface area contributed by atoms with Crippen LogP contribution in [0.2, 0.25) is 0 Å². The molecule has 158 valence electrons. The predicted molar refractivity (Wildman–Crippen MR) is 102 cm³/mol. The Bertz CT molecular complexity index is 896. The Labute approximate surface area is 174 Å². The third-order valence-electron chi connectivity index (χ3n) is 5.34. The SMILES string of the molecule is Cn1cc(CN2CCN(C(=O)Cn3nc(C(F)(F)F)c(Br)c3C3CC3)CC2)cn1. The zero-order chi connectivity index (χ0) is 20.8. The summed E-state index contributed by atoms with van der Waals surface area (Å²) in [6, 6.07) is 0. The number of amides is 1. The van der Waals surface area contributed by atoms with Crippen LogP contribution in [0.4, 0.5) is 13.2 Å². The molecule has 1 amide bonds. The number of hydrogen-bond acceptors (Lipinski definition) is 4. The van der Waals surface area contributed by atoms with Crippen LogP contribution >= 0.6 is 15.9 Å². The first kappa shape index (κ1) is 20.4. The molecule has 0 N–H and O–H groups in total. The molecule has 0 atom stereocenters. The number of aryl methyl sites for hydroxylation is 1. The van der Waals surface area contributed by atoms with Crippen LogP contribution in [0.25, 0.3) is 0 Å². The summed E-state index contributed by atoms with van der Waals surface area (Å²) >= 11 is 3.06. The molecular weight excluding hydrogens is 453 g/mol. The monoisotopic (exact) mass is 474 g/mol. The molecule has 29 heavy (non-hydrogen) atoms. The van der Waals surface area contributed by atoms with Crippen molar-refractivity contribution >= 4 is 21.8 Å². The maximum absolute atomic E-state index is 13.2. The topological polar surface area (TPSA) is 59.2 Å². The highest BCUT2D eigenvalue weighted by atomic mass is 79.9. The molecule has 2 aliphatic rings. The molecule has 0 radical (unpaired) electrons. The summed E-state index contributed by atoms with van der Waals surface area (Å²) in [5.41, 5.74) is 0.650. The van der Waals surface area contributed by atoms with Gasteiger partial charge in [-0.25, -0.2) is 0 Å². The molecule has 3 heterocycles. The molecule has 1 saturated carbocycles. The van der Waals surface area contributed by atoms with Crippen LogP contribution in [0.5, 0.6) is 0 Å². The van der Waals surface area contributed by atoms with E-state index in [1.807, 2.05) is 19.4 Å². The first-order valence-electron chi connectivity index (χ1n) is 9.53. The number of alkyl halides is 3. The van der Waals surface area contributed by atoms with Crippen molar-refractivity contribution in [2.75, 3.05) is 26.2 Å². The van der Waals surface area contributed by atoms with Crippen molar-refractivity contribution in [3.63, 3.8) is 0 Å². The van der Waals surface area contributed by atoms with Gasteiger partial charge in [0, 0.05) is 57.4 Å². The van der Waals surface area contributed by atoms with Crippen LogP contribution in [-0.4, -0.2) is 61.4 Å². The lowest BCUT2D eigenvalue weighted by Gasteiger charge is -2.34. The Hall–Kier alpha value is -1.88. The third-order valence-corrected chi connectivity index (χ3v) is 6.12. The molecule has 2 fully saturated rings. The number of halogens is 4. The Balaban J connectivity index is 1.39. The number of piperazine rings is 1. The second-order valence-electron chi connectivity index (χ2n) is 7.66. The third kappa shape index (κ3) is 4.50. The van der Waals surface area contributed by atoms with E-state index in [0.717, 1.165) is 24.9 Å². The highest BCUT2D eigenvalue weighted by molar-refractivity contribution is 9.10. The van der Waals surface area contributed by atoms with Gasteiger partial charge in [0.15, 0.2) is 5.69 Å². The van der Waals surface area contributed by atoms with E-state index in [1.54, 1.807) is 9.58 Å². The summed E-state index contributed by atoms with van der Waals surface area (Å²) < 4.78 is 42.7. The Morgan fingerprint density at radius 3 is 2.48 bits per heavy atom. The maximum Gasteiger partial charge on any atom is 0.436 e. The van der Waals surface area contributed by atoms with E-state index in [0.29, 0.717) is 31.9 Å². The van der Waals surface area contributed by atoms with Crippen molar-refractivity contribution in [1.29, 1.82) is 0 Å². The summed E-state index contributed by atoms with van der Waals surface area (Å²) in [5.74, 6) is -0.159. The minimum Gasteiger partial charge on any atom is -0.339 e. The molecule has 11 heteroatoms. The smallest absolute Gasteiger partial charge is 0.339 e. The quantitative estimate of drug-likeness (QED) is 0.668. The minimum atomic E-state index is -4.55. The van der Waals surface area contributed by atoms with Gasteiger partial charge >= 0.3 is 6.18 Å². The molecule has 0 spiro atoms. The number of rotatable bonds is 5. The molecule has 1 aliphatic heterocycles. The van der Waals surface area contributed by atoms with E-state index in [9.17, 15) is 18.0 Å². The molecule has 1 aliphatic carbocycles. The highest BCUT2D eigenvalue weighted by Crippen LogP contribution is 2.46. The van der Waals surface area contributed by atoms with Gasteiger partial charge in [-0.15, -0.1) is 0 Å². The average molecular weight is 475 g/mol. The normalized spacial score (nSPS) is 18.4. The number of carbonyl (C=O) groups excluding carboxylic acids is 1. The molecular formula is C18H22BrF3N6O. The Kier molecular flexibility index (Phi) is 5.45. The summed E-state index contributed by atoms with van der Waals surface area (Å²) in [6.45, 7) is 3.13. The molecule has 4 rings (SSSR count). The lowest BCUT2D eigenvalue weighted by Crippen LogP contribution is -2.49. The fourth-order valence-corrected chi connectivity index (χ4v) is 4.53. The van der Waals surface area contributed by atoms with Gasteiger partial charge in [0.1, 0.15) is 6.54 Å². The molecule has 2 aromatic rings. The Morgan fingerprint density at radius 1 is 1.24 bits per heavy atom. The molecule has 0 bridgehead atoms. The van der Waals surface area contributed by atoms with E-state index in [4.69, 9.17) is 0 Å². The second-order valence-corrected chi connectivity index (χ2v) is 8.45. The van der Waals surface area contributed by atoms with Crippen molar-refractivity contribution in [3.8, 4) is 0 Å². The second kappa shape index (κ2) is 7.75. The van der Waals surface area contributed by atoms with Gasteiger partial charge in [0.05, 0.1) is 16.4 Å². The largest absolute Gasteiger partial charge is 0.436 e. The molecule has 0 aromatic carbocycles. The maximum atomic E-state index is 13.2. The van der Waals surface area contributed by atoms with E-state index >= 15 is 0 Å². The molecule has 7 nitrogen and oxygen atoms in total. The number of nitrogens with zero attached hydrogens (tertiary/aromatic N) is 6. The van der Waals surface area contributed by atoms with Crippen LogP contribution in [-0.2, 0) is 31.1 Å². The molecule has 2 aromatic heterocycles. The van der Waals surface area contributed by atoms with Crippen LogP contribution in [0.3, 0.4) is 0 Å². The molecule has 0 unspecified atom stereocenters. The molecule has 1 saturated heterocycles. The standard InChI is InChI=1S/C18H22BrF3N6O/c1-25-9-12(8-23-25)10-26-4-6-27(7-5-26)14(29)11-28-16(13-2-3-13)15(19)17(24-28)18(20,21)22/h8-9,13H,2-7,10-11H2,1H3. The zero-order valence-electron chi connectivity index (χ0n) is 16.0. The summed E-state index contributed by atoms with van der Waals surface area (Å²) in [4.78, 5) is 16.7. The summed E-state index contributed by atoms with van der Waals surface area (Å²) in [5, 5.41) is 7.89. The first-order chi connectivity index (χ1) is 13.7. The van der Waals surface area contributed by atoms with Crippen LogP contribution in [0.1, 0.15) is 35.7 Å². The van der Waals surface area contributed by atoms with Crippen molar-refractivity contribution < 1.29 is 18.0 Å². The van der Waals surface area contributed by atoms with Crippen molar-refractivity contribution in [3.05, 3.63) is 33.8 Å². The van der Waals surface area contributed by atoms with Gasteiger partial charge in [0.25, 0.3) is 0 Å². The van der Waals surface area contributed by atoms with Crippen molar-refractivity contribution in [2.45, 2.75) is 38.0 Å². The van der Waals surface area contributed by atoms with Crippen LogP contribution in [0.15, 0.2) is 16.9 Å². The minimum absolute atomic E-state index is 0.0263. The average Bonchev–Trinajstić information content (AvgIpc) is 3.32. The van der Waals surface area contributed by atoms with E-state index in [-0.39, 0.29) is 22.8 Å². The van der Waals surface area contributed by atoms with Gasteiger partial charge in [-0.2, -0.15) is 23.4 Å². The van der Waals surface area contributed by atoms with Gasteiger partial charge < -0.3 is 4.90 Å². The fourth-order valence-electron chi connectivity index (χ4n) is 3.70. The van der Waals surface area contributed by atoms with E-state index < -0.39 is 11.9 Å². The summed E-state index contributed by atoms with van der Waals surface area (Å²) in [6.07, 6.45) is 0.885. The Morgan fingerprint density at radius 2 is 1.93 bits per heavy atom. The van der Waals surface area contributed by atoms with Crippen molar-refractivity contribution in [2.24, 2.45) is 7.05 Å². The lowest BCUT2D eigenvalue weighted by atomic mass is 10.2. The fraction of sp³-hybridized carbons (Fsp3) is 0.611. The highest BCUT2D eigenvalue weighted by Gasteiger charge is 2.42. The van der Waals surface area contributed by atoms with E-state index in [2.05, 4.69) is 31.0 Å². The van der Waals surface area contributed by atoms with Crippen molar-refractivity contribution in [1.82, 2.24) is 29.4 Å². The number of hydrogen-bond donors (Lipinski definition) is 0. The zero-order valence-corrected chi connectivity index (χ0v) is 17.6. The van der Waals surface area contributed by atoms with Gasteiger partial charge in [0.2, 0.25) is 5.91 Å². The first-order valence-corrected chi connectivity index (χ1v) is 10.3. The van der Waals surface area contributed by atoms with Gasteiger partial charge in [-0.05, 0) is 28.8 Å². The van der Waals surface area contributed by atoms with Crippen LogP contribution in [0, 0.1) is 0 Å². The lowest BCUT2D eigenvalue weighted by molar-refractivity contribution is -0.142. The van der Waals surface area contributed by atoms with E-state index in [1.165, 1.54) is 4.68 Å². The number of aromatic nitrogens is 4. The summed E-state index contributed by atoms with van der Waals surface area (Å²) in [7, 11) is 1.87. The van der Waals surface area contributed by atoms with Crippen LogP contribution < -0.4 is 0 Å².